The summed E-state index contributed by atoms with van der Waals surface area (Å²) in [5, 5.41) is 13.6. The van der Waals surface area contributed by atoms with Gasteiger partial charge in [0.1, 0.15) is 23.1 Å². The molecular formula is C28H35F3N4O4. The molecule has 0 aliphatic carbocycles. The zero-order valence-electron chi connectivity index (χ0n) is 23.1. The number of aryl methyl sites for hydroxylation is 1. The van der Waals surface area contributed by atoms with Crippen LogP contribution in [0.3, 0.4) is 0 Å². The van der Waals surface area contributed by atoms with Gasteiger partial charge < -0.3 is 29.5 Å². The summed E-state index contributed by atoms with van der Waals surface area (Å²) < 4.78 is 61.8. The monoisotopic (exact) mass is 548 g/mol. The number of nitrogens with zero attached hydrogens (tertiary/aromatic N) is 3. The van der Waals surface area contributed by atoms with Crippen molar-refractivity contribution in [2.45, 2.75) is 38.8 Å². The molecule has 3 aromatic rings. The highest BCUT2D eigenvalue weighted by molar-refractivity contribution is 5.91. The molecule has 1 aliphatic heterocycles. The van der Waals surface area contributed by atoms with Gasteiger partial charge in [-0.3, -0.25) is 0 Å². The highest BCUT2D eigenvalue weighted by Gasteiger charge is 2.49. The maximum absolute atomic E-state index is 15.2. The summed E-state index contributed by atoms with van der Waals surface area (Å²) in [6, 6.07) is 7.22. The number of aromatic nitrogens is 2. The Morgan fingerprint density at radius 2 is 1.82 bits per heavy atom. The van der Waals surface area contributed by atoms with Gasteiger partial charge in [0.2, 0.25) is 0 Å². The number of hydrogen-bond acceptors (Lipinski definition) is 8. The Hall–Kier alpha value is -3.15. The molecule has 2 N–H and O–H groups in total. The van der Waals surface area contributed by atoms with Crippen molar-refractivity contribution in [3.05, 3.63) is 53.1 Å². The maximum atomic E-state index is 15.2. The van der Waals surface area contributed by atoms with E-state index in [0.29, 0.717) is 47.3 Å². The molecule has 2 aromatic carbocycles. The first kappa shape index (κ1) is 28.8. The zero-order chi connectivity index (χ0) is 28.6. The van der Waals surface area contributed by atoms with Gasteiger partial charge in [0.05, 0.1) is 36.8 Å². The van der Waals surface area contributed by atoms with Gasteiger partial charge in [-0.1, -0.05) is 12.1 Å². The quantitative estimate of drug-likeness (QED) is 0.362. The highest BCUT2D eigenvalue weighted by Crippen LogP contribution is 2.41. The number of rotatable bonds is 11. The number of alkyl halides is 2. The molecule has 0 unspecified atom stereocenters. The van der Waals surface area contributed by atoms with Crippen LogP contribution in [0.4, 0.5) is 19.0 Å². The Morgan fingerprint density at radius 1 is 1.10 bits per heavy atom. The van der Waals surface area contributed by atoms with E-state index >= 15 is 4.39 Å². The number of anilines is 1. The third-order valence-electron chi connectivity index (χ3n) is 6.92. The fraction of sp³-hybridized carbons (Fsp3) is 0.500. The first-order valence-corrected chi connectivity index (χ1v) is 12.6. The van der Waals surface area contributed by atoms with Crippen LogP contribution >= 0.6 is 0 Å². The number of benzene rings is 2. The van der Waals surface area contributed by atoms with Gasteiger partial charge in [0.15, 0.2) is 11.5 Å². The molecular weight excluding hydrogens is 513 g/mol. The average molecular weight is 549 g/mol. The topological polar surface area (TPSA) is 89.0 Å². The third-order valence-corrected chi connectivity index (χ3v) is 6.92. The molecule has 11 heteroatoms. The van der Waals surface area contributed by atoms with Crippen LogP contribution < -0.4 is 14.8 Å². The summed E-state index contributed by atoms with van der Waals surface area (Å²) in [7, 11) is 5.24. The normalized spacial score (nSPS) is 15.7. The van der Waals surface area contributed by atoms with Gasteiger partial charge in [-0.15, -0.1) is 0 Å². The molecule has 0 amide bonds. The van der Waals surface area contributed by atoms with Crippen LogP contribution in [0.25, 0.3) is 10.9 Å². The van der Waals surface area contributed by atoms with Gasteiger partial charge in [0.25, 0.3) is 0 Å². The molecule has 212 valence electrons. The summed E-state index contributed by atoms with van der Waals surface area (Å²) in [5.41, 5.74) is -2.87. The van der Waals surface area contributed by atoms with Gasteiger partial charge in [-0.25, -0.2) is 14.4 Å². The largest absolute Gasteiger partial charge is 0.493 e. The zero-order valence-corrected chi connectivity index (χ0v) is 23.1. The lowest BCUT2D eigenvalue weighted by Crippen LogP contribution is -2.59. The fourth-order valence-corrected chi connectivity index (χ4v) is 4.99. The molecule has 1 fully saturated rings. The SMILES string of the molecule is COCC1(COc2cc3c(NCc4cccc(C(F)(F)C(C)(C)O)c4F)nc(C)nc3cc2OC)CN(C)C1. The second-order valence-corrected chi connectivity index (χ2v) is 10.8. The summed E-state index contributed by atoms with van der Waals surface area (Å²) in [6.45, 7) is 6.12. The van der Waals surface area contributed by atoms with Crippen LogP contribution in [-0.2, 0) is 17.2 Å². The smallest absolute Gasteiger partial charge is 0.303 e. The van der Waals surface area contributed by atoms with E-state index in [1.165, 1.54) is 12.1 Å². The number of aliphatic hydroxyl groups is 1. The molecule has 0 bridgehead atoms. The number of methoxy groups -OCH3 is 2. The van der Waals surface area contributed by atoms with Crippen molar-refractivity contribution < 1.29 is 32.5 Å². The Balaban J connectivity index is 1.64. The molecule has 1 saturated heterocycles. The fourth-order valence-electron chi connectivity index (χ4n) is 4.99. The summed E-state index contributed by atoms with van der Waals surface area (Å²) in [6.07, 6.45) is 0. The number of ether oxygens (including phenoxy) is 3. The molecule has 0 atom stereocenters. The van der Waals surface area contributed by atoms with Crippen molar-refractivity contribution in [2.24, 2.45) is 5.41 Å². The van der Waals surface area contributed by atoms with Crippen LogP contribution in [0, 0.1) is 18.2 Å². The molecule has 4 rings (SSSR count). The van der Waals surface area contributed by atoms with E-state index < -0.39 is 22.9 Å². The summed E-state index contributed by atoms with van der Waals surface area (Å²) >= 11 is 0. The van der Waals surface area contributed by atoms with Crippen LogP contribution in [0.5, 0.6) is 11.5 Å². The van der Waals surface area contributed by atoms with E-state index in [9.17, 15) is 13.9 Å². The van der Waals surface area contributed by atoms with Crippen molar-refractivity contribution in [1.29, 1.82) is 0 Å². The number of hydrogen-bond donors (Lipinski definition) is 2. The van der Waals surface area contributed by atoms with E-state index in [0.717, 1.165) is 33.0 Å². The van der Waals surface area contributed by atoms with E-state index in [4.69, 9.17) is 14.2 Å². The molecule has 2 heterocycles. The Labute approximate surface area is 226 Å². The lowest BCUT2D eigenvalue weighted by Gasteiger charge is -2.47. The van der Waals surface area contributed by atoms with Crippen molar-refractivity contribution in [2.75, 3.05) is 52.9 Å². The van der Waals surface area contributed by atoms with Crippen LogP contribution in [0.1, 0.15) is 30.8 Å². The van der Waals surface area contributed by atoms with E-state index in [-0.39, 0.29) is 17.5 Å². The predicted octanol–water partition coefficient (Wildman–Crippen LogP) is 4.52. The maximum Gasteiger partial charge on any atom is 0.303 e. The molecule has 0 saturated carbocycles. The first-order chi connectivity index (χ1) is 18.3. The number of halogens is 3. The van der Waals surface area contributed by atoms with Gasteiger partial charge >= 0.3 is 5.92 Å². The van der Waals surface area contributed by atoms with E-state index in [1.54, 1.807) is 33.3 Å². The molecule has 39 heavy (non-hydrogen) atoms. The number of fused-ring (bicyclic) bond motifs is 1. The standard InChI is InChI=1S/C28H35F3N4O4/c1-17-33-21-11-22(38-6)23(39-16-27(15-37-5)13-35(4)14-27)10-19(21)25(34-17)32-12-18-8-7-9-20(24(18)29)28(30,31)26(2,3)36/h7-11,36H,12-16H2,1-6H3,(H,32,33,34). The van der Waals surface area contributed by atoms with Crippen LogP contribution in [0.15, 0.2) is 30.3 Å². The predicted molar refractivity (Wildman–Crippen MR) is 142 cm³/mol. The van der Waals surface area contributed by atoms with Gasteiger partial charge in [-0.05, 0) is 40.0 Å². The van der Waals surface area contributed by atoms with E-state index in [2.05, 4.69) is 20.2 Å². The number of likely N-dealkylation sites (tertiary alicyclic amines) is 1. The van der Waals surface area contributed by atoms with Crippen molar-refractivity contribution in [3.63, 3.8) is 0 Å². The molecule has 1 aliphatic rings. The highest BCUT2D eigenvalue weighted by atomic mass is 19.3. The minimum atomic E-state index is -3.79. The second-order valence-electron chi connectivity index (χ2n) is 10.8. The summed E-state index contributed by atoms with van der Waals surface area (Å²) in [4.78, 5) is 11.2. The van der Waals surface area contributed by atoms with Crippen molar-refractivity contribution in [1.82, 2.24) is 14.9 Å². The van der Waals surface area contributed by atoms with E-state index in [1.807, 2.05) is 7.05 Å². The van der Waals surface area contributed by atoms with Crippen molar-refractivity contribution in [3.8, 4) is 11.5 Å². The Kier molecular flexibility index (Phi) is 7.98. The molecule has 8 nitrogen and oxygen atoms in total. The van der Waals surface area contributed by atoms with Crippen LogP contribution in [-0.4, -0.2) is 73.1 Å². The van der Waals surface area contributed by atoms with Gasteiger partial charge in [0, 0.05) is 43.8 Å². The molecule has 1 aromatic heterocycles. The second kappa shape index (κ2) is 10.8. The summed E-state index contributed by atoms with van der Waals surface area (Å²) in [5.74, 6) is -3.04. The first-order valence-electron chi connectivity index (χ1n) is 12.6. The van der Waals surface area contributed by atoms with Crippen LogP contribution in [0.2, 0.25) is 0 Å². The van der Waals surface area contributed by atoms with Crippen molar-refractivity contribution >= 4 is 16.7 Å². The average Bonchev–Trinajstić information content (AvgIpc) is 2.84. The Bertz CT molecular complexity index is 1340. The third kappa shape index (κ3) is 5.75. The molecule has 0 radical (unpaired) electrons. The minimum absolute atomic E-state index is 0.00133. The molecule has 0 spiro atoms. The minimum Gasteiger partial charge on any atom is -0.493 e. The lowest BCUT2D eigenvalue weighted by molar-refractivity contribution is -0.170. The Morgan fingerprint density at radius 3 is 2.44 bits per heavy atom. The number of nitrogens with one attached hydrogen (secondary N) is 1. The van der Waals surface area contributed by atoms with Gasteiger partial charge in [-0.2, -0.15) is 8.78 Å². The lowest BCUT2D eigenvalue weighted by atomic mass is 9.82.